The molecule has 2 aliphatic rings. The fourth-order valence-corrected chi connectivity index (χ4v) is 9.93. The van der Waals surface area contributed by atoms with Gasteiger partial charge in [-0.25, -0.2) is 18.7 Å². The number of nitrogens with one attached hydrogen (secondary N) is 2. The van der Waals surface area contributed by atoms with Crippen molar-refractivity contribution in [3.63, 3.8) is 0 Å². The summed E-state index contributed by atoms with van der Waals surface area (Å²) in [5.41, 5.74) is -1.13. The van der Waals surface area contributed by atoms with Crippen LogP contribution >= 0.6 is 0 Å². The number of aliphatic imine (C=N–C) groups is 1. The van der Waals surface area contributed by atoms with Crippen molar-refractivity contribution in [2.45, 2.75) is 87.3 Å². The molecule has 20 nitrogen and oxygen atoms in total. The number of hydrogen-bond donors (Lipinski definition) is 2. The van der Waals surface area contributed by atoms with E-state index in [0.29, 0.717) is 49.2 Å². The first-order valence-corrected chi connectivity index (χ1v) is 26.7. The number of amides is 1. The molecule has 0 spiro atoms. The molecule has 8 rings (SSSR count). The number of methoxy groups -OCH3 is 2. The molecule has 2 N–H and O–H groups in total. The number of ether oxygens (including phenoxy) is 2. The molecular weight excluding hydrogens is 1030 g/mol. The molecule has 6 aromatic rings. The molecule has 0 aliphatic carbocycles. The smallest absolute Gasteiger partial charge is 0.339 e. The van der Waals surface area contributed by atoms with E-state index in [9.17, 15) is 45.1 Å². The van der Waals surface area contributed by atoms with Gasteiger partial charge in [0.05, 0.1) is 43.4 Å². The van der Waals surface area contributed by atoms with Crippen LogP contribution in [-0.4, -0.2) is 87.3 Å². The van der Waals surface area contributed by atoms with Crippen LogP contribution < -0.4 is 35.2 Å². The summed E-state index contributed by atoms with van der Waals surface area (Å²) in [6, 6.07) is 24.9. The fourth-order valence-electron chi connectivity index (χ4n) is 8.02. The van der Waals surface area contributed by atoms with Gasteiger partial charge in [-0.2, -0.15) is 23.4 Å². The summed E-state index contributed by atoms with van der Waals surface area (Å²) in [5.74, 6) is -3.79. The zero-order valence-electron chi connectivity index (χ0n) is 41.7. The highest BCUT2D eigenvalue weighted by molar-refractivity contribution is 7.87. The van der Waals surface area contributed by atoms with Crippen LogP contribution in [0.2, 0.25) is 0 Å². The standard InChI is InChI=1S/C26H28FN4O6S.C26H27FN4O6S/c2*1-3-28-21-14-13-19(36-2)16-31-24(21)30-22(25(32)29-15-17-9-11-18(27)12-10-17)23(26(31)33)37-38(34,35)20-7-5-4-6-8-20/h4-12,19,21H,3,13-16H2,1-2H3,(H,29,32);4-12,14,19,28H,3,13,15-16H2,1-2H3,(H,29,32)/q-1;/p-1/t19-,21+;19-/m00/s1. The lowest BCUT2D eigenvalue weighted by molar-refractivity contribution is -0.213. The van der Waals surface area contributed by atoms with Gasteiger partial charge in [0.25, 0.3) is 17.0 Å². The number of carbonyl (C=O) groups excluding carboxylic acids is 1. The molecule has 1 amide bonds. The van der Waals surface area contributed by atoms with Gasteiger partial charge in [-0.3, -0.25) is 28.5 Å². The Hall–Kier alpha value is -7.64. The lowest BCUT2D eigenvalue weighted by Gasteiger charge is -2.30. The Balaban J connectivity index is 0.000000221. The average molecular weight is 1090 g/mol. The van der Waals surface area contributed by atoms with Crippen LogP contribution in [0.25, 0.3) is 11.0 Å². The van der Waals surface area contributed by atoms with Crippen molar-refractivity contribution < 1.29 is 53.4 Å². The molecule has 24 heteroatoms. The van der Waals surface area contributed by atoms with Crippen LogP contribution in [0, 0.1) is 11.6 Å². The summed E-state index contributed by atoms with van der Waals surface area (Å²) >= 11 is 0. The second kappa shape index (κ2) is 25.3. The maximum Gasteiger partial charge on any atom is 0.339 e. The molecule has 0 bridgehead atoms. The van der Waals surface area contributed by atoms with Gasteiger partial charge in [0, 0.05) is 33.2 Å². The normalized spacial score (nSPS) is 16.6. The van der Waals surface area contributed by atoms with Gasteiger partial charge in [0.2, 0.25) is 11.5 Å². The molecule has 0 fully saturated rings. The average Bonchev–Trinajstić information content (AvgIpc) is 3.72. The first-order valence-electron chi connectivity index (χ1n) is 23.9. The molecule has 76 heavy (non-hydrogen) atoms. The molecular formula is C52H54F2N8O12S2-2. The third-order valence-electron chi connectivity index (χ3n) is 11.9. The number of nitrogens with zero attached hydrogens (tertiary/aromatic N) is 6. The third-order valence-corrected chi connectivity index (χ3v) is 14.4. The SMILES string of the molecule is CCNC1=CC[C@H](OC)Cn2c1nc(C([O-])=NCc1ccc(F)cc1)c(OS(=O)(=O)c1ccccc1)c2=O.CC[N-][C@@H]1CC[C@H](OC)Cn2c1nc(C(=O)NCc1ccc(F)cc1)c(OS(=O)(=O)c1ccccc1)c2=O. The summed E-state index contributed by atoms with van der Waals surface area (Å²) in [6.45, 7) is 4.63. The van der Waals surface area contributed by atoms with E-state index in [-0.39, 0.29) is 53.7 Å². The number of halogens is 2. The van der Waals surface area contributed by atoms with E-state index >= 15 is 0 Å². The molecule has 0 unspecified atom stereocenters. The number of benzene rings is 4. The van der Waals surface area contributed by atoms with Gasteiger partial charge in [-0.1, -0.05) is 86.1 Å². The predicted octanol–water partition coefficient (Wildman–Crippen LogP) is 5.15. The zero-order chi connectivity index (χ0) is 54.6. The largest absolute Gasteiger partial charge is 0.857 e. The van der Waals surface area contributed by atoms with Gasteiger partial charge >= 0.3 is 20.2 Å². The second-order valence-corrected chi connectivity index (χ2v) is 20.1. The van der Waals surface area contributed by atoms with Gasteiger partial charge in [0.15, 0.2) is 11.5 Å². The molecule has 4 heterocycles. The van der Waals surface area contributed by atoms with Crippen LogP contribution in [-0.2, 0) is 55.9 Å². The molecule has 4 aromatic carbocycles. The summed E-state index contributed by atoms with van der Waals surface area (Å²) in [5, 5.41) is 23.5. The highest BCUT2D eigenvalue weighted by Gasteiger charge is 2.32. The Morgan fingerprint density at radius 1 is 0.737 bits per heavy atom. The second-order valence-electron chi connectivity index (χ2n) is 17.0. The van der Waals surface area contributed by atoms with Crippen LogP contribution in [0.1, 0.15) is 78.1 Å². The lowest BCUT2D eigenvalue weighted by atomic mass is 10.1. The van der Waals surface area contributed by atoms with Crippen molar-refractivity contribution >= 4 is 37.7 Å². The first kappa shape index (κ1) is 56.1. The minimum absolute atomic E-state index is 0.0153. The third kappa shape index (κ3) is 13.6. The predicted molar refractivity (Wildman–Crippen MR) is 273 cm³/mol. The van der Waals surface area contributed by atoms with Gasteiger partial charge in [0.1, 0.15) is 27.1 Å². The van der Waals surface area contributed by atoms with Crippen molar-refractivity contribution in [1.82, 2.24) is 29.7 Å². The van der Waals surface area contributed by atoms with Crippen LogP contribution in [0.4, 0.5) is 8.78 Å². The Kier molecular flexibility index (Phi) is 18.6. The van der Waals surface area contributed by atoms with E-state index < -0.39 is 89.8 Å². The molecule has 0 saturated carbocycles. The summed E-state index contributed by atoms with van der Waals surface area (Å²) in [6.07, 6.45) is 2.59. The van der Waals surface area contributed by atoms with Gasteiger partial charge in [-0.15, -0.1) is 0 Å². The van der Waals surface area contributed by atoms with Crippen LogP contribution in [0.3, 0.4) is 0 Å². The summed E-state index contributed by atoms with van der Waals surface area (Å²) < 4.78 is 103. The van der Waals surface area contributed by atoms with E-state index in [1.54, 1.807) is 18.2 Å². The van der Waals surface area contributed by atoms with Crippen molar-refractivity contribution in [2.24, 2.45) is 4.99 Å². The van der Waals surface area contributed by atoms with Crippen molar-refractivity contribution in [3.8, 4) is 11.5 Å². The monoisotopic (exact) mass is 1080 g/mol. The maximum absolute atomic E-state index is 13.7. The van der Waals surface area contributed by atoms with Gasteiger partial charge < -0.3 is 38.9 Å². The van der Waals surface area contributed by atoms with Crippen molar-refractivity contribution in [3.05, 3.63) is 187 Å². The van der Waals surface area contributed by atoms with E-state index in [0.717, 1.165) is 0 Å². The molecule has 0 saturated heterocycles. The Morgan fingerprint density at radius 3 is 1.83 bits per heavy atom. The number of carbonyl (C=O) groups is 1. The lowest BCUT2D eigenvalue weighted by Crippen LogP contribution is -2.36. The van der Waals surface area contributed by atoms with Gasteiger partial charge in [-0.05, 0) is 79.4 Å². The number of rotatable bonds is 18. The van der Waals surface area contributed by atoms with E-state index in [4.69, 9.17) is 17.8 Å². The van der Waals surface area contributed by atoms with Crippen molar-refractivity contribution in [1.29, 1.82) is 0 Å². The molecule has 3 atom stereocenters. The number of hydrogen-bond acceptors (Lipinski definition) is 16. The van der Waals surface area contributed by atoms with Crippen LogP contribution in [0.15, 0.2) is 140 Å². The molecule has 2 aromatic heterocycles. The Bertz CT molecular complexity index is 3420. The van der Waals surface area contributed by atoms with Crippen LogP contribution in [0.5, 0.6) is 11.5 Å². The maximum atomic E-state index is 13.7. The number of aromatic nitrogens is 4. The zero-order valence-corrected chi connectivity index (χ0v) is 43.4. The Labute approximate surface area is 437 Å². The molecule has 2 aliphatic heterocycles. The molecule has 0 radical (unpaired) electrons. The van der Waals surface area contributed by atoms with Crippen molar-refractivity contribution in [2.75, 3.05) is 27.3 Å². The minimum atomic E-state index is -4.49. The summed E-state index contributed by atoms with van der Waals surface area (Å²) in [7, 11) is -5.94. The van der Waals surface area contributed by atoms with E-state index in [2.05, 4.69) is 30.9 Å². The number of fused-ring (bicyclic) bond motifs is 2. The fraction of sp³-hybridized carbons (Fsp3) is 0.308. The summed E-state index contributed by atoms with van der Waals surface area (Å²) in [4.78, 5) is 53.2. The topological polar surface area (TPSA) is 266 Å². The molecule has 402 valence electrons. The quantitative estimate of drug-likeness (QED) is 0.0640. The first-order chi connectivity index (χ1) is 36.5. The Morgan fingerprint density at radius 2 is 1.28 bits per heavy atom. The van der Waals surface area contributed by atoms with E-state index in [1.807, 2.05) is 13.8 Å². The van der Waals surface area contributed by atoms with E-state index in [1.165, 1.54) is 120 Å². The highest BCUT2D eigenvalue weighted by atomic mass is 32.2. The minimum Gasteiger partial charge on any atom is -0.857 e. The highest BCUT2D eigenvalue weighted by Crippen LogP contribution is 2.32.